The molecule has 0 amide bonds. The molecule has 0 N–H and O–H groups in total. The van der Waals surface area contributed by atoms with E-state index in [1.807, 2.05) is 85.6 Å². The van der Waals surface area contributed by atoms with Crippen LogP contribution in [0.1, 0.15) is 36.3 Å². The van der Waals surface area contributed by atoms with E-state index in [4.69, 9.17) is 0 Å². The molecule has 1 aliphatic rings. The lowest BCUT2D eigenvalue weighted by atomic mass is 9.77. The number of benzene rings is 2. The lowest BCUT2D eigenvalue weighted by Gasteiger charge is -2.27. The van der Waals surface area contributed by atoms with E-state index in [0.29, 0.717) is 12.1 Å². The number of rotatable bonds is 5. The van der Waals surface area contributed by atoms with Crippen LogP contribution in [-0.4, -0.2) is 23.6 Å². The summed E-state index contributed by atoms with van der Waals surface area (Å²) < 4.78 is 0. The number of pyridine rings is 1. The summed E-state index contributed by atoms with van der Waals surface area (Å²) in [6, 6.07) is 23.3. The molecule has 1 aromatic heterocycles. The molecule has 0 fully saturated rings. The summed E-state index contributed by atoms with van der Waals surface area (Å²) in [4.78, 5) is 31.9. The average Bonchev–Trinajstić information content (AvgIpc) is 2.96. The third-order valence-corrected chi connectivity index (χ3v) is 5.73. The minimum absolute atomic E-state index is 0.0881. The zero-order valence-corrected chi connectivity index (χ0v) is 17.4. The number of anilines is 1. The van der Waals surface area contributed by atoms with Gasteiger partial charge < -0.3 is 4.90 Å². The number of likely N-dealkylation sites (N-methyl/N-ethyl adjacent to an activating group) is 1. The van der Waals surface area contributed by atoms with Crippen LogP contribution in [0.3, 0.4) is 0 Å². The van der Waals surface area contributed by atoms with Gasteiger partial charge in [0.05, 0.1) is 5.69 Å². The molecule has 0 bridgehead atoms. The van der Waals surface area contributed by atoms with Crippen LogP contribution in [0.2, 0.25) is 0 Å². The molecule has 3 aromatic rings. The highest BCUT2D eigenvalue weighted by Crippen LogP contribution is 2.49. The molecule has 0 saturated carbocycles. The molecule has 150 valence electrons. The highest BCUT2D eigenvalue weighted by molar-refractivity contribution is 6.05. The molecule has 0 saturated heterocycles. The van der Waals surface area contributed by atoms with Gasteiger partial charge in [0.15, 0.2) is 0 Å². The zero-order chi connectivity index (χ0) is 21.3. The molecule has 4 rings (SSSR count). The Morgan fingerprint density at radius 3 is 2.40 bits per heavy atom. The standard InChI is InChI=1S/C26H24N2O2/c1-18(29)17-26(2)20-12-7-8-15-23(20)28(3)25(26)16-24(30)22-14-9-13-21(27-22)19-10-5-4-6-11-19/h4-16H,17H2,1-3H3/b25-16-. The van der Waals surface area contributed by atoms with Crippen molar-refractivity contribution >= 4 is 17.3 Å². The summed E-state index contributed by atoms with van der Waals surface area (Å²) in [5, 5.41) is 0. The van der Waals surface area contributed by atoms with Crippen molar-refractivity contribution in [2.24, 2.45) is 0 Å². The van der Waals surface area contributed by atoms with E-state index in [1.165, 1.54) is 0 Å². The second-order valence-corrected chi connectivity index (χ2v) is 7.95. The van der Waals surface area contributed by atoms with Gasteiger partial charge in [-0.2, -0.15) is 0 Å². The number of Topliss-reactive ketones (excluding diaryl/α,β-unsaturated/α-hetero) is 1. The minimum atomic E-state index is -0.552. The third-order valence-electron chi connectivity index (χ3n) is 5.73. The average molecular weight is 396 g/mol. The lowest BCUT2D eigenvalue weighted by Crippen LogP contribution is -2.29. The second-order valence-electron chi connectivity index (χ2n) is 7.95. The first kappa shape index (κ1) is 19.8. The van der Waals surface area contributed by atoms with Crippen molar-refractivity contribution in [2.75, 3.05) is 11.9 Å². The fourth-order valence-corrected chi connectivity index (χ4v) is 4.35. The molecule has 2 heterocycles. The van der Waals surface area contributed by atoms with Crippen molar-refractivity contribution in [1.82, 2.24) is 4.98 Å². The maximum Gasteiger partial charge on any atom is 0.205 e. The highest BCUT2D eigenvalue weighted by atomic mass is 16.1. The molecule has 1 atom stereocenters. The molecular formula is C26H24N2O2. The molecule has 0 aliphatic carbocycles. The summed E-state index contributed by atoms with van der Waals surface area (Å²) >= 11 is 0. The van der Waals surface area contributed by atoms with Crippen LogP contribution in [0.25, 0.3) is 11.3 Å². The topological polar surface area (TPSA) is 50.3 Å². The number of allylic oxidation sites excluding steroid dienone is 2. The van der Waals surface area contributed by atoms with Crippen molar-refractivity contribution in [3.05, 3.63) is 95.8 Å². The van der Waals surface area contributed by atoms with Gasteiger partial charge in [-0.25, -0.2) is 4.98 Å². The molecular weight excluding hydrogens is 372 g/mol. The number of para-hydroxylation sites is 1. The van der Waals surface area contributed by atoms with Gasteiger partial charge in [0.1, 0.15) is 11.5 Å². The number of carbonyl (C=O) groups is 2. The van der Waals surface area contributed by atoms with Gasteiger partial charge in [0.2, 0.25) is 5.78 Å². The van der Waals surface area contributed by atoms with Crippen LogP contribution in [0.4, 0.5) is 5.69 Å². The monoisotopic (exact) mass is 396 g/mol. The van der Waals surface area contributed by atoms with E-state index in [1.54, 1.807) is 19.1 Å². The Morgan fingerprint density at radius 1 is 0.967 bits per heavy atom. The van der Waals surface area contributed by atoms with Crippen LogP contribution in [-0.2, 0) is 10.2 Å². The summed E-state index contributed by atoms with van der Waals surface area (Å²) in [7, 11) is 1.94. The minimum Gasteiger partial charge on any atom is -0.347 e. The number of aromatic nitrogens is 1. The molecule has 4 nitrogen and oxygen atoms in total. The number of fused-ring (bicyclic) bond motifs is 1. The molecule has 0 radical (unpaired) electrons. The summed E-state index contributed by atoms with van der Waals surface area (Å²) in [5.74, 6) is -0.0811. The second kappa shape index (κ2) is 7.71. The first-order valence-corrected chi connectivity index (χ1v) is 10.0. The van der Waals surface area contributed by atoms with E-state index in [2.05, 4.69) is 4.98 Å². The first-order valence-electron chi connectivity index (χ1n) is 10.0. The zero-order valence-electron chi connectivity index (χ0n) is 17.4. The Balaban J connectivity index is 1.75. The quantitative estimate of drug-likeness (QED) is 0.439. The van der Waals surface area contributed by atoms with Gasteiger partial charge in [-0.15, -0.1) is 0 Å². The van der Waals surface area contributed by atoms with E-state index in [0.717, 1.165) is 28.2 Å². The summed E-state index contributed by atoms with van der Waals surface area (Å²) in [6.07, 6.45) is 1.98. The van der Waals surface area contributed by atoms with E-state index in [9.17, 15) is 9.59 Å². The molecule has 2 aromatic carbocycles. The van der Waals surface area contributed by atoms with E-state index in [-0.39, 0.29) is 11.6 Å². The predicted molar refractivity (Wildman–Crippen MR) is 120 cm³/mol. The first-order chi connectivity index (χ1) is 14.4. The van der Waals surface area contributed by atoms with Crippen molar-refractivity contribution in [1.29, 1.82) is 0 Å². The Morgan fingerprint density at radius 2 is 1.67 bits per heavy atom. The van der Waals surface area contributed by atoms with Crippen LogP contribution in [0.15, 0.2) is 84.6 Å². The van der Waals surface area contributed by atoms with Gasteiger partial charge in [-0.1, -0.05) is 54.6 Å². The number of nitrogens with zero attached hydrogens (tertiary/aromatic N) is 2. The Kier molecular flexibility index (Phi) is 5.08. The van der Waals surface area contributed by atoms with Crippen LogP contribution in [0.5, 0.6) is 0 Å². The van der Waals surface area contributed by atoms with Crippen LogP contribution in [0, 0.1) is 0 Å². The fraction of sp³-hybridized carbons (Fsp3) is 0.192. The molecule has 4 heteroatoms. The third kappa shape index (κ3) is 3.45. The smallest absolute Gasteiger partial charge is 0.205 e. The van der Waals surface area contributed by atoms with Gasteiger partial charge in [-0.05, 0) is 37.6 Å². The molecule has 1 unspecified atom stereocenters. The van der Waals surface area contributed by atoms with Crippen LogP contribution >= 0.6 is 0 Å². The fourth-order valence-electron chi connectivity index (χ4n) is 4.35. The van der Waals surface area contributed by atoms with Gasteiger partial charge in [-0.3, -0.25) is 9.59 Å². The Labute approximate surface area is 176 Å². The number of hydrogen-bond donors (Lipinski definition) is 0. The molecule has 30 heavy (non-hydrogen) atoms. The SMILES string of the molecule is CC(=O)CC1(C)/C(=C/C(=O)c2cccc(-c3ccccc3)n2)N(C)c2ccccc21. The number of carbonyl (C=O) groups excluding carboxylic acids is 2. The lowest BCUT2D eigenvalue weighted by molar-refractivity contribution is -0.117. The largest absolute Gasteiger partial charge is 0.347 e. The molecule has 1 aliphatic heterocycles. The normalized spacial score (nSPS) is 19.0. The summed E-state index contributed by atoms with van der Waals surface area (Å²) in [5.41, 5.74) is 4.46. The van der Waals surface area contributed by atoms with Crippen molar-refractivity contribution < 1.29 is 9.59 Å². The number of hydrogen-bond acceptors (Lipinski definition) is 4. The van der Waals surface area contributed by atoms with Gasteiger partial charge in [0, 0.05) is 41.9 Å². The van der Waals surface area contributed by atoms with Crippen molar-refractivity contribution in [3.63, 3.8) is 0 Å². The predicted octanol–water partition coefficient (Wildman–Crippen LogP) is 5.20. The Bertz CT molecular complexity index is 1150. The van der Waals surface area contributed by atoms with E-state index >= 15 is 0 Å². The van der Waals surface area contributed by atoms with E-state index < -0.39 is 5.41 Å². The van der Waals surface area contributed by atoms with Crippen molar-refractivity contribution in [2.45, 2.75) is 25.7 Å². The van der Waals surface area contributed by atoms with Gasteiger partial charge >= 0.3 is 0 Å². The Hall–Kier alpha value is -3.53. The maximum absolute atomic E-state index is 13.2. The number of ketones is 2. The molecule has 0 spiro atoms. The highest BCUT2D eigenvalue weighted by Gasteiger charge is 2.43. The van der Waals surface area contributed by atoms with Gasteiger partial charge in [0.25, 0.3) is 0 Å². The van der Waals surface area contributed by atoms with Crippen molar-refractivity contribution in [3.8, 4) is 11.3 Å². The van der Waals surface area contributed by atoms with Crippen LogP contribution < -0.4 is 4.90 Å². The summed E-state index contributed by atoms with van der Waals surface area (Å²) in [6.45, 7) is 3.63. The maximum atomic E-state index is 13.2.